The molecule has 0 aliphatic heterocycles. The highest BCUT2D eigenvalue weighted by molar-refractivity contribution is 5.31. The maximum absolute atomic E-state index is 11.9. The third-order valence-corrected chi connectivity index (χ3v) is 2.89. The van der Waals surface area contributed by atoms with Crippen molar-refractivity contribution >= 4 is 5.82 Å². The van der Waals surface area contributed by atoms with Crippen molar-refractivity contribution in [1.82, 2.24) is 14.3 Å². The minimum atomic E-state index is -0.464. The molecular weight excluding hydrogens is 236 g/mol. The Bertz CT molecular complexity index is 518. The molecule has 0 saturated carbocycles. The van der Waals surface area contributed by atoms with Crippen LogP contribution in [0.5, 0.6) is 0 Å². The molecule has 1 aromatic rings. The van der Waals surface area contributed by atoms with Crippen molar-refractivity contribution < 1.29 is 5.11 Å². The van der Waals surface area contributed by atoms with Gasteiger partial charge in [-0.05, 0) is 12.3 Å². The van der Waals surface area contributed by atoms with Crippen LogP contribution < -0.4 is 16.6 Å². The SMILES string of the molecule is CC(C)C(CCO)Nc1nn(C)c(=O)n(C)c1=O. The van der Waals surface area contributed by atoms with E-state index in [9.17, 15) is 9.59 Å². The van der Waals surface area contributed by atoms with Gasteiger partial charge in [0, 0.05) is 26.7 Å². The molecule has 0 saturated heterocycles. The lowest BCUT2D eigenvalue weighted by Crippen LogP contribution is -2.42. The van der Waals surface area contributed by atoms with E-state index in [-0.39, 0.29) is 24.4 Å². The summed E-state index contributed by atoms with van der Waals surface area (Å²) in [5, 5.41) is 15.9. The van der Waals surface area contributed by atoms with Crippen LogP contribution >= 0.6 is 0 Å². The van der Waals surface area contributed by atoms with Crippen molar-refractivity contribution in [3.05, 3.63) is 20.8 Å². The zero-order valence-electron chi connectivity index (χ0n) is 11.2. The summed E-state index contributed by atoms with van der Waals surface area (Å²) >= 11 is 0. The summed E-state index contributed by atoms with van der Waals surface area (Å²) in [6.07, 6.45) is 0.519. The fourth-order valence-corrected chi connectivity index (χ4v) is 1.68. The highest BCUT2D eigenvalue weighted by Crippen LogP contribution is 2.09. The second kappa shape index (κ2) is 5.81. The average Bonchev–Trinajstić information content (AvgIpc) is 2.32. The zero-order chi connectivity index (χ0) is 13.9. The van der Waals surface area contributed by atoms with E-state index in [1.54, 1.807) is 0 Å². The predicted molar refractivity (Wildman–Crippen MR) is 68.7 cm³/mol. The van der Waals surface area contributed by atoms with Gasteiger partial charge < -0.3 is 10.4 Å². The molecular formula is C11H20N4O3. The average molecular weight is 256 g/mol. The Kier molecular flexibility index (Phi) is 4.66. The second-order valence-corrected chi connectivity index (χ2v) is 4.63. The van der Waals surface area contributed by atoms with Crippen LogP contribution in [0, 0.1) is 5.92 Å². The minimum absolute atomic E-state index is 0.0297. The molecule has 0 aliphatic carbocycles. The van der Waals surface area contributed by atoms with Gasteiger partial charge in [0.25, 0.3) is 5.56 Å². The van der Waals surface area contributed by atoms with Gasteiger partial charge in [-0.25, -0.2) is 9.48 Å². The summed E-state index contributed by atoms with van der Waals surface area (Å²) in [6.45, 7) is 4.00. The quantitative estimate of drug-likeness (QED) is 0.727. The number of aromatic nitrogens is 3. The van der Waals surface area contributed by atoms with Gasteiger partial charge in [-0.1, -0.05) is 13.8 Å². The van der Waals surface area contributed by atoms with Gasteiger partial charge in [-0.3, -0.25) is 9.36 Å². The monoisotopic (exact) mass is 256 g/mol. The highest BCUT2D eigenvalue weighted by Gasteiger charge is 2.16. The van der Waals surface area contributed by atoms with Crippen molar-refractivity contribution in [2.75, 3.05) is 11.9 Å². The van der Waals surface area contributed by atoms with E-state index in [1.165, 1.54) is 14.1 Å². The third-order valence-electron chi connectivity index (χ3n) is 2.89. The molecule has 0 fully saturated rings. The van der Waals surface area contributed by atoms with Crippen LogP contribution in [0.15, 0.2) is 9.59 Å². The van der Waals surface area contributed by atoms with Crippen LogP contribution in [0.25, 0.3) is 0 Å². The van der Waals surface area contributed by atoms with Gasteiger partial charge in [0.15, 0.2) is 0 Å². The first-order valence-electron chi connectivity index (χ1n) is 5.90. The van der Waals surface area contributed by atoms with Gasteiger partial charge >= 0.3 is 5.69 Å². The van der Waals surface area contributed by atoms with Crippen molar-refractivity contribution in [3.8, 4) is 0 Å². The Morgan fingerprint density at radius 1 is 1.33 bits per heavy atom. The van der Waals surface area contributed by atoms with E-state index in [0.29, 0.717) is 6.42 Å². The highest BCUT2D eigenvalue weighted by atomic mass is 16.3. The number of hydrogen-bond acceptors (Lipinski definition) is 5. The van der Waals surface area contributed by atoms with Gasteiger partial charge in [0.2, 0.25) is 5.82 Å². The summed E-state index contributed by atoms with van der Waals surface area (Å²) in [6, 6.07) is -0.0623. The second-order valence-electron chi connectivity index (χ2n) is 4.63. The zero-order valence-corrected chi connectivity index (χ0v) is 11.2. The number of aryl methyl sites for hydroxylation is 1. The molecule has 0 aromatic carbocycles. The van der Waals surface area contributed by atoms with E-state index >= 15 is 0 Å². The smallest absolute Gasteiger partial charge is 0.346 e. The van der Waals surface area contributed by atoms with E-state index in [4.69, 9.17) is 5.11 Å². The lowest BCUT2D eigenvalue weighted by Gasteiger charge is -2.21. The van der Waals surface area contributed by atoms with Crippen molar-refractivity contribution in [2.24, 2.45) is 20.0 Å². The molecule has 1 atom stereocenters. The number of nitrogens with one attached hydrogen (secondary N) is 1. The van der Waals surface area contributed by atoms with E-state index in [0.717, 1.165) is 9.25 Å². The van der Waals surface area contributed by atoms with E-state index in [2.05, 4.69) is 10.4 Å². The number of hydrogen-bond donors (Lipinski definition) is 2. The molecule has 0 spiro atoms. The molecule has 0 radical (unpaired) electrons. The van der Waals surface area contributed by atoms with Crippen LogP contribution in [0.4, 0.5) is 5.82 Å². The number of aliphatic hydroxyl groups is 1. The first-order chi connectivity index (χ1) is 8.38. The molecule has 102 valence electrons. The first-order valence-corrected chi connectivity index (χ1v) is 5.90. The number of anilines is 1. The molecule has 1 unspecified atom stereocenters. The van der Waals surface area contributed by atoms with Gasteiger partial charge in [-0.15, -0.1) is 5.10 Å². The molecule has 7 nitrogen and oxygen atoms in total. The van der Waals surface area contributed by atoms with Crippen molar-refractivity contribution in [2.45, 2.75) is 26.3 Å². The van der Waals surface area contributed by atoms with Crippen LogP contribution in [-0.2, 0) is 14.1 Å². The normalized spacial score (nSPS) is 12.8. The van der Waals surface area contributed by atoms with E-state index in [1.807, 2.05) is 13.8 Å². The lowest BCUT2D eigenvalue weighted by atomic mass is 10.0. The van der Waals surface area contributed by atoms with Gasteiger partial charge in [-0.2, -0.15) is 0 Å². The molecule has 0 amide bonds. The van der Waals surface area contributed by atoms with Gasteiger partial charge in [0.05, 0.1) is 0 Å². The van der Waals surface area contributed by atoms with Crippen molar-refractivity contribution in [1.29, 1.82) is 0 Å². The number of rotatable bonds is 5. The van der Waals surface area contributed by atoms with Gasteiger partial charge in [0.1, 0.15) is 0 Å². The molecule has 1 heterocycles. The topological polar surface area (TPSA) is 89.2 Å². The van der Waals surface area contributed by atoms with Crippen LogP contribution in [0.3, 0.4) is 0 Å². The fraction of sp³-hybridized carbons (Fsp3) is 0.727. The summed E-state index contributed by atoms with van der Waals surface area (Å²) in [7, 11) is 2.90. The lowest BCUT2D eigenvalue weighted by molar-refractivity contribution is 0.267. The molecule has 1 aromatic heterocycles. The molecule has 0 bridgehead atoms. The number of nitrogens with zero attached hydrogens (tertiary/aromatic N) is 3. The fourth-order valence-electron chi connectivity index (χ4n) is 1.68. The van der Waals surface area contributed by atoms with E-state index < -0.39 is 11.2 Å². The summed E-state index contributed by atoms with van der Waals surface area (Å²) in [4.78, 5) is 23.3. The minimum Gasteiger partial charge on any atom is -0.396 e. The van der Waals surface area contributed by atoms with Crippen LogP contribution in [0.2, 0.25) is 0 Å². The molecule has 18 heavy (non-hydrogen) atoms. The maximum atomic E-state index is 11.9. The molecule has 7 heteroatoms. The van der Waals surface area contributed by atoms with Crippen LogP contribution in [0.1, 0.15) is 20.3 Å². The first kappa shape index (κ1) is 14.4. The largest absolute Gasteiger partial charge is 0.396 e. The Morgan fingerprint density at radius 2 is 1.94 bits per heavy atom. The maximum Gasteiger partial charge on any atom is 0.346 e. The predicted octanol–water partition coefficient (Wildman–Crippen LogP) is -0.702. The Morgan fingerprint density at radius 3 is 2.44 bits per heavy atom. The van der Waals surface area contributed by atoms with Crippen molar-refractivity contribution in [3.63, 3.8) is 0 Å². The standard InChI is InChI=1S/C11H20N4O3/c1-7(2)8(5-6-16)12-9-10(17)14(3)11(18)15(4)13-9/h7-8,16H,5-6H2,1-4H3,(H,12,13). The summed E-state index contributed by atoms with van der Waals surface area (Å²) in [5.41, 5.74) is -0.921. The Balaban J connectivity index is 3.11. The summed E-state index contributed by atoms with van der Waals surface area (Å²) < 4.78 is 2.12. The molecule has 2 N–H and O–H groups in total. The third kappa shape index (κ3) is 2.98. The molecule has 1 rings (SSSR count). The summed E-state index contributed by atoms with van der Waals surface area (Å²) in [5.74, 6) is 0.368. The van der Waals surface area contributed by atoms with Crippen LogP contribution in [-0.4, -0.2) is 32.1 Å². The Labute approximate surface area is 105 Å². The number of aliphatic hydroxyl groups excluding tert-OH is 1. The Hall–Kier alpha value is -1.63. The molecule has 0 aliphatic rings.